The predicted molar refractivity (Wildman–Crippen MR) is 52.4 cm³/mol. The van der Waals surface area contributed by atoms with Crippen molar-refractivity contribution in [3.63, 3.8) is 0 Å². The largest absolute Gasteiger partial charge is 0.347 e. The SMILES string of the molecule is CC(C)N1CCCC1c1cnc[nH]1. The zero-order valence-electron chi connectivity index (χ0n) is 8.33. The van der Waals surface area contributed by atoms with E-state index in [2.05, 4.69) is 28.7 Å². The van der Waals surface area contributed by atoms with Crippen LogP contribution < -0.4 is 0 Å². The number of aromatic nitrogens is 2. The molecular weight excluding hydrogens is 162 g/mol. The van der Waals surface area contributed by atoms with Gasteiger partial charge in [0.15, 0.2) is 0 Å². The van der Waals surface area contributed by atoms with Gasteiger partial charge in [-0.25, -0.2) is 4.98 Å². The van der Waals surface area contributed by atoms with E-state index in [0.29, 0.717) is 12.1 Å². The second-order valence-electron chi connectivity index (χ2n) is 4.00. The molecular formula is C10H17N3. The van der Waals surface area contributed by atoms with Gasteiger partial charge in [0.1, 0.15) is 0 Å². The fourth-order valence-corrected chi connectivity index (χ4v) is 2.19. The summed E-state index contributed by atoms with van der Waals surface area (Å²) in [4.78, 5) is 9.82. The molecule has 2 heterocycles. The van der Waals surface area contributed by atoms with Crippen molar-refractivity contribution in [2.24, 2.45) is 0 Å². The van der Waals surface area contributed by atoms with Crippen LogP contribution in [0.4, 0.5) is 0 Å². The van der Waals surface area contributed by atoms with Crippen molar-refractivity contribution in [1.82, 2.24) is 14.9 Å². The van der Waals surface area contributed by atoms with Gasteiger partial charge in [-0.15, -0.1) is 0 Å². The van der Waals surface area contributed by atoms with Crippen LogP contribution in [-0.2, 0) is 0 Å². The lowest BCUT2D eigenvalue weighted by molar-refractivity contribution is 0.202. The van der Waals surface area contributed by atoms with Gasteiger partial charge in [-0.1, -0.05) is 0 Å². The zero-order valence-corrected chi connectivity index (χ0v) is 8.33. The van der Waals surface area contributed by atoms with Crippen molar-refractivity contribution in [1.29, 1.82) is 0 Å². The van der Waals surface area contributed by atoms with Gasteiger partial charge in [0.05, 0.1) is 18.1 Å². The van der Waals surface area contributed by atoms with Crippen LogP contribution in [0.15, 0.2) is 12.5 Å². The lowest BCUT2D eigenvalue weighted by atomic mass is 10.1. The van der Waals surface area contributed by atoms with Gasteiger partial charge in [-0.2, -0.15) is 0 Å². The Hall–Kier alpha value is -0.830. The van der Waals surface area contributed by atoms with Crippen LogP contribution in [0, 0.1) is 0 Å². The van der Waals surface area contributed by atoms with Crippen LogP contribution in [0.3, 0.4) is 0 Å². The van der Waals surface area contributed by atoms with Crippen LogP contribution in [0.1, 0.15) is 38.4 Å². The van der Waals surface area contributed by atoms with Crippen LogP contribution in [0.2, 0.25) is 0 Å². The Morgan fingerprint density at radius 1 is 1.62 bits per heavy atom. The maximum absolute atomic E-state index is 4.08. The molecule has 1 aliphatic rings. The summed E-state index contributed by atoms with van der Waals surface area (Å²) in [6.45, 7) is 5.74. The van der Waals surface area contributed by atoms with E-state index in [-0.39, 0.29) is 0 Å². The van der Waals surface area contributed by atoms with Crippen molar-refractivity contribution >= 4 is 0 Å². The van der Waals surface area contributed by atoms with Crippen LogP contribution in [-0.4, -0.2) is 27.5 Å². The normalized spacial score (nSPS) is 24.4. The van der Waals surface area contributed by atoms with Crippen LogP contribution in [0.5, 0.6) is 0 Å². The van der Waals surface area contributed by atoms with Crippen molar-refractivity contribution < 1.29 is 0 Å². The zero-order chi connectivity index (χ0) is 9.26. The number of nitrogens with one attached hydrogen (secondary N) is 1. The number of nitrogens with zero attached hydrogens (tertiary/aromatic N) is 2. The first-order valence-electron chi connectivity index (χ1n) is 5.03. The van der Waals surface area contributed by atoms with E-state index in [1.54, 1.807) is 6.33 Å². The summed E-state index contributed by atoms with van der Waals surface area (Å²) in [5.41, 5.74) is 1.27. The lowest BCUT2D eigenvalue weighted by Gasteiger charge is -2.27. The van der Waals surface area contributed by atoms with Crippen molar-refractivity contribution in [3.8, 4) is 0 Å². The minimum absolute atomic E-state index is 0.572. The first kappa shape index (κ1) is 8.75. The molecule has 0 aliphatic carbocycles. The highest BCUT2D eigenvalue weighted by Crippen LogP contribution is 2.31. The van der Waals surface area contributed by atoms with E-state index in [1.165, 1.54) is 25.1 Å². The van der Waals surface area contributed by atoms with E-state index >= 15 is 0 Å². The molecule has 1 fully saturated rings. The number of likely N-dealkylation sites (tertiary alicyclic amines) is 1. The molecule has 3 nitrogen and oxygen atoms in total. The number of hydrogen-bond acceptors (Lipinski definition) is 2. The molecule has 1 N–H and O–H groups in total. The second kappa shape index (κ2) is 3.50. The fourth-order valence-electron chi connectivity index (χ4n) is 2.19. The van der Waals surface area contributed by atoms with Gasteiger partial charge in [0.25, 0.3) is 0 Å². The predicted octanol–water partition coefficient (Wildman–Crippen LogP) is 1.96. The Morgan fingerprint density at radius 3 is 3.08 bits per heavy atom. The minimum atomic E-state index is 0.572. The van der Waals surface area contributed by atoms with Gasteiger partial charge in [-0.05, 0) is 33.2 Å². The van der Waals surface area contributed by atoms with Gasteiger partial charge in [0, 0.05) is 12.2 Å². The molecule has 2 rings (SSSR count). The first-order valence-corrected chi connectivity index (χ1v) is 5.03. The highest BCUT2D eigenvalue weighted by atomic mass is 15.2. The Morgan fingerprint density at radius 2 is 2.46 bits per heavy atom. The topological polar surface area (TPSA) is 31.9 Å². The van der Waals surface area contributed by atoms with Gasteiger partial charge < -0.3 is 4.98 Å². The fraction of sp³-hybridized carbons (Fsp3) is 0.700. The van der Waals surface area contributed by atoms with Gasteiger partial charge in [-0.3, -0.25) is 4.90 Å². The van der Waals surface area contributed by atoms with E-state index in [4.69, 9.17) is 0 Å². The Bertz CT molecular complexity index is 253. The molecule has 3 heteroatoms. The molecule has 1 unspecified atom stereocenters. The van der Waals surface area contributed by atoms with Gasteiger partial charge >= 0.3 is 0 Å². The molecule has 1 saturated heterocycles. The highest BCUT2D eigenvalue weighted by molar-refractivity contribution is 5.05. The lowest BCUT2D eigenvalue weighted by Crippen LogP contribution is -2.30. The van der Waals surface area contributed by atoms with E-state index < -0.39 is 0 Å². The van der Waals surface area contributed by atoms with E-state index in [1.807, 2.05) is 6.20 Å². The standard InChI is InChI=1S/C10H17N3/c1-8(2)13-5-3-4-10(13)9-6-11-7-12-9/h6-8,10H,3-5H2,1-2H3,(H,11,12). The highest BCUT2D eigenvalue weighted by Gasteiger charge is 2.28. The number of rotatable bonds is 2. The molecule has 1 aromatic heterocycles. The van der Waals surface area contributed by atoms with Gasteiger partial charge in [0.2, 0.25) is 0 Å². The van der Waals surface area contributed by atoms with Crippen molar-refractivity contribution in [2.75, 3.05) is 6.54 Å². The monoisotopic (exact) mass is 179 g/mol. The summed E-state index contributed by atoms with van der Waals surface area (Å²) in [7, 11) is 0. The summed E-state index contributed by atoms with van der Waals surface area (Å²) < 4.78 is 0. The smallest absolute Gasteiger partial charge is 0.0922 e. The van der Waals surface area contributed by atoms with E-state index in [9.17, 15) is 0 Å². The molecule has 0 radical (unpaired) electrons. The molecule has 0 aromatic carbocycles. The van der Waals surface area contributed by atoms with Crippen molar-refractivity contribution in [3.05, 3.63) is 18.2 Å². The maximum atomic E-state index is 4.08. The molecule has 0 spiro atoms. The van der Waals surface area contributed by atoms with Crippen molar-refractivity contribution in [2.45, 2.75) is 38.8 Å². The molecule has 1 aromatic rings. The van der Waals surface area contributed by atoms with Crippen LogP contribution >= 0.6 is 0 Å². The molecule has 0 saturated carbocycles. The third-order valence-electron chi connectivity index (χ3n) is 2.84. The Balaban J connectivity index is 2.14. The second-order valence-corrected chi connectivity index (χ2v) is 4.00. The third-order valence-corrected chi connectivity index (χ3v) is 2.84. The molecule has 1 atom stereocenters. The molecule has 0 amide bonds. The summed E-state index contributed by atoms with van der Waals surface area (Å²) in [6, 6.07) is 1.21. The molecule has 1 aliphatic heterocycles. The quantitative estimate of drug-likeness (QED) is 0.752. The number of H-pyrrole nitrogens is 1. The summed E-state index contributed by atoms with van der Waals surface area (Å²) in [5.74, 6) is 0. The summed E-state index contributed by atoms with van der Waals surface area (Å²) in [6.07, 6.45) is 6.29. The molecule has 72 valence electrons. The van der Waals surface area contributed by atoms with Crippen LogP contribution in [0.25, 0.3) is 0 Å². The molecule has 13 heavy (non-hydrogen) atoms. The summed E-state index contributed by atoms with van der Waals surface area (Å²) in [5, 5.41) is 0. The number of aromatic amines is 1. The average Bonchev–Trinajstić information content (AvgIpc) is 2.74. The first-order chi connectivity index (χ1) is 6.29. The molecule has 0 bridgehead atoms. The third kappa shape index (κ3) is 1.61. The maximum Gasteiger partial charge on any atom is 0.0922 e. The summed E-state index contributed by atoms with van der Waals surface area (Å²) >= 11 is 0. The Kier molecular flexibility index (Phi) is 2.36. The minimum Gasteiger partial charge on any atom is -0.347 e. The number of hydrogen-bond donors (Lipinski definition) is 1. The Labute approximate surface area is 79.2 Å². The number of imidazole rings is 1. The average molecular weight is 179 g/mol. The van der Waals surface area contributed by atoms with E-state index in [0.717, 1.165) is 0 Å².